The third-order valence-corrected chi connectivity index (χ3v) is 8.74. The van der Waals surface area contributed by atoms with Crippen molar-refractivity contribution in [1.29, 1.82) is 0 Å². The molecule has 1 heterocycles. The van der Waals surface area contributed by atoms with E-state index >= 15 is 0 Å². The number of para-hydroxylation sites is 1. The van der Waals surface area contributed by atoms with Gasteiger partial charge in [0.2, 0.25) is 23.0 Å². The van der Waals surface area contributed by atoms with Gasteiger partial charge in [-0.05, 0) is 40.5 Å². The van der Waals surface area contributed by atoms with E-state index in [1.807, 2.05) is 48.5 Å². The Morgan fingerprint density at radius 2 is 0.723 bits per heavy atom. The molecule has 0 saturated heterocycles. The van der Waals surface area contributed by atoms with Crippen molar-refractivity contribution >= 4 is 43.5 Å². The van der Waals surface area contributed by atoms with Crippen LogP contribution in [0.1, 0.15) is 0 Å². The number of phenolic OH excluding ortho intramolecular Hbond substituents is 8. The van der Waals surface area contributed by atoms with Crippen molar-refractivity contribution in [2.75, 3.05) is 0 Å². The van der Waals surface area contributed by atoms with Gasteiger partial charge in [0.25, 0.3) is 0 Å². The molecule has 0 fully saturated rings. The summed E-state index contributed by atoms with van der Waals surface area (Å²) in [6.07, 6.45) is 0. The number of furan rings is 1. The normalized spacial score (nSPS) is 11.7. The molecule has 1 aromatic heterocycles. The molecule has 0 radical (unpaired) electrons. The molecule has 0 unspecified atom stereocenters. The van der Waals surface area contributed by atoms with Crippen molar-refractivity contribution in [2.24, 2.45) is 0 Å². The minimum absolute atomic E-state index is 0.0144. The highest BCUT2D eigenvalue weighted by molar-refractivity contribution is 6.29. The Kier molecular flexibility index (Phi) is 5.84. The van der Waals surface area contributed by atoms with E-state index < -0.39 is 46.0 Å². The van der Waals surface area contributed by atoms with Crippen LogP contribution in [0.15, 0.2) is 101 Å². The van der Waals surface area contributed by atoms with E-state index in [9.17, 15) is 40.9 Å². The third kappa shape index (κ3) is 3.83. The van der Waals surface area contributed by atoms with Crippen molar-refractivity contribution in [3.8, 4) is 79.4 Å². The van der Waals surface area contributed by atoms with Gasteiger partial charge in [-0.1, -0.05) is 78.9 Å². The molecule has 0 spiro atoms. The lowest BCUT2D eigenvalue weighted by Crippen LogP contribution is -1.94. The van der Waals surface area contributed by atoms with E-state index in [4.69, 9.17) is 4.42 Å². The minimum atomic E-state index is -1.03. The molecule has 8 aromatic rings. The van der Waals surface area contributed by atoms with Gasteiger partial charge < -0.3 is 45.3 Å². The number of hydrogen-bond acceptors (Lipinski definition) is 9. The summed E-state index contributed by atoms with van der Waals surface area (Å²) in [6.45, 7) is 0. The highest BCUT2D eigenvalue weighted by atomic mass is 16.4. The zero-order valence-corrected chi connectivity index (χ0v) is 24.2. The first-order valence-electron chi connectivity index (χ1n) is 14.5. The molecule has 7 aromatic carbocycles. The number of hydrogen-bond donors (Lipinski definition) is 8. The fourth-order valence-corrected chi connectivity index (χ4v) is 6.54. The van der Waals surface area contributed by atoms with Crippen molar-refractivity contribution in [3.63, 3.8) is 0 Å². The maximum atomic E-state index is 11.5. The Balaban J connectivity index is 1.58. The Morgan fingerprint density at radius 1 is 0.319 bits per heavy atom. The summed E-state index contributed by atoms with van der Waals surface area (Å²) >= 11 is 0. The average Bonchev–Trinajstić information content (AvgIpc) is 3.48. The minimum Gasteiger partial charge on any atom is -0.504 e. The molecule has 0 saturated carbocycles. The predicted molar refractivity (Wildman–Crippen MR) is 178 cm³/mol. The van der Waals surface area contributed by atoms with Gasteiger partial charge in [-0.25, -0.2) is 0 Å². The van der Waals surface area contributed by atoms with Gasteiger partial charge >= 0.3 is 0 Å². The summed E-state index contributed by atoms with van der Waals surface area (Å²) in [4.78, 5) is 0. The summed E-state index contributed by atoms with van der Waals surface area (Å²) in [6, 6.07) is 28.7. The van der Waals surface area contributed by atoms with Gasteiger partial charge in [-0.3, -0.25) is 0 Å². The molecule has 0 aliphatic rings. The molecule has 9 heteroatoms. The van der Waals surface area contributed by atoms with Crippen LogP contribution >= 0.6 is 0 Å². The van der Waals surface area contributed by atoms with Crippen molar-refractivity contribution in [2.45, 2.75) is 0 Å². The summed E-state index contributed by atoms with van der Waals surface area (Å²) in [7, 11) is 0. The van der Waals surface area contributed by atoms with Gasteiger partial charge in [0.05, 0.1) is 0 Å². The van der Waals surface area contributed by atoms with Crippen LogP contribution in [-0.4, -0.2) is 40.9 Å². The first-order chi connectivity index (χ1) is 22.7. The van der Waals surface area contributed by atoms with Crippen molar-refractivity contribution in [1.82, 2.24) is 0 Å². The molecule has 0 atom stereocenters. The fraction of sp³-hybridized carbons (Fsp3) is 0. The number of phenols is 8. The maximum absolute atomic E-state index is 11.5. The molecular weight excluding hydrogens is 600 g/mol. The smallest absolute Gasteiger partial charge is 0.204 e. The standard InChI is InChI=1S/C38H24O9/c39-31-27-25(19-12-10-18(11-13-19)17-6-2-1-3-7-17)28-30(34(42)38(46)36(44)32(28)40)26(29(27)33(41)37(45)35(31)43)20-14-15-24-22(16-20)21-8-4-5-9-23(21)47-24/h1-16,39-46H. The molecule has 0 bridgehead atoms. The number of benzene rings is 7. The molecule has 9 nitrogen and oxygen atoms in total. The van der Waals surface area contributed by atoms with Crippen molar-refractivity contribution < 1.29 is 45.3 Å². The third-order valence-electron chi connectivity index (χ3n) is 8.74. The highest BCUT2D eigenvalue weighted by Crippen LogP contribution is 2.62. The van der Waals surface area contributed by atoms with Crippen LogP contribution in [0.4, 0.5) is 0 Å². The molecule has 230 valence electrons. The lowest BCUT2D eigenvalue weighted by Gasteiger charge is -2.22. The molecule has 0 amide bonds. The Bertz CT molecular complexity index is 2500. The zero-order valence-electron chi connectivity index (χ0n) is 24.2. The Labute approximate surface area is 264 Å². The van der Waals surface area contributed by atoms with Crippen LogP contribution in [-0.2, 0) is 0 Å². The van der Waals surface area contributed by atoms with Gasteiger partial charge in [0, 0.05) is 43.4 Å². The van der Waals surface area contributed by atoms with E-state index in [1.165, 1.54) is 0 Å². The van der Waals surface area contributed by atoms with Crippen molar-refractivity contribution in [3.05, 3.63) is 97.1 Å². The monoisotopic (exact) mass is 624 g/mol. The first-order valence-corrected chi connectivity index (χ1v) is 14.5. The van der Waals surface area contributed by atoms with Crippen LogP contribution < -0.4 is 0 Å². The van der Waals surface area contributed by atoms with Crippen LogP contribution in [0.25, 0.3) is 76.9 Å². The number of rotatable bonds is 3. The fourth-order valence-electron chi connectivity index (χ4n) is 6.54. The average molecular weight is 625 g/mol. The maximum Gasteiger partial charge on any atom is 0.204 e. The quantitative estimate of drug-likeness (QED) is 0.0544. The summed E-state index contributed by atoms with van der Waals surface area (Å²) in [5.41, 5.74) is 3.48. The van der Waals surface area contributed by atoms with Crippen LogP contribution in [0.5, 0.6) is 46.0 Å². The lowest BCUT2D eigenvalue weighted by atomic mass is 9.83. The molecular formula is C38H24O9. The summed E-state index contributed by atoms with van der Waals surface area (Å²) in [5.74, 6) is -7.43. The molecule has 47 heavy (non-hydrogen) atoms. The highest BCUT2D eigenvalue weighted by Gasteiger charge is 2.32. The van der Waals surface area contributed by atoms with Gasteiger partial charge in [0.15, 0.2) is 23.0 Å². The van der Waals surface area contributed by atoms with Crippen LogP contribution in [0.3, 0.4) is 0 Å². The van der Waals surface area contributed by atoms with E-state index in [1.54, 1.807) is 48.5 Å². The largest absolute Gasteiger partial charge is 0.504 e. The van der Waals surface area contributed by atoms with E-state index in [0.717, 1.165) is 16.5 Å². The van der Waals surface area contributed by atoms with E-state index in [0.29, 0.717) is 27.7 Å². The topological polar surface area (TPSA) is 175 Å². The molecule has 0 aliphatic carbocycles. The van der Waals surface area contributed by atoms with Crippen LogP contribution in [0.2, 0.25) is 0 Å². The SMILES string of the molecule is Oc1c(O)c(O)c2c(-c3ccc4oc5ccccc5c4c3)c3c(O)c(O)c(O)c(O)c3c(-c3ccc(-c4ccccc4)cc3)c2c1O. The number of fused-ring (bicyclic) bond motifs is 5. The second-order valence-electron chi connectivity index (χ2n) is 11.3. The second kappa shape index (κ2) is 9.88. The number of aromatic hydroxyl groups is 8. The summed E-state index contributed by atoms with van der Waals surface area (Å²) in [5, 5.41) is 89.5. The molecule has 8 N–H and O–H groups in total. The van der Waals surface area contributed by atoms with Crippen LogP contribution in [0, 0.1) is 0 Å². The van der Waals surface area contributed by atoms with Gasteiger partial charge in [-0.15, -0.1) is 0 Å². The zero-order chi connectivity index (χ0) is 32.7. The summed E-state index contributed by atoms with van der Waals surface area (Å²) < 4.78 is 5.97. The molecule has 8 rings (SSSR count). The predicted octanol–water partition coefficient (Wildman–Crippen LogP) is 8.54. The first kappa shape index (κ1) is 27.8. The lowest BCUT2D eigenvalue weighted by molar-refractivity contribution is 0.350. The molecule has 0 aliphatic heterocycles. The van der Waals surface area contributed by atoms with E-state index in [-0.39, 0.29) is 32.7 Å². The van der Waals surface area contributed by atoms with E-state index in [2.05, 4.69) is 0 Å². The van der Waals surface area contributed by atoms with Gasteiger partial charge in [0.1, 0.15) is 11.2 Å². The Morgan fingerprint density at radius 3 is 1.28 bits per heavy atom. The van der Waals surface area contributed by atoms with Gasteiger partial charge in [-0.2, -0.15) is 0 Å². The second-order valence-corrected chi connectivity index (χ2v) is 11.3. The Hall–Kier alpha value is -6.74.